The van der Waals surface area contributed by atoms with Gasteiger partial charge < -0.3 is 14.2 Å². The van der Waals surface area contributed by atoms with Gasteiger partial charge >= 0.3 is 0 Å². The average Bonchev–Trinajstić information content (AvgIpc) is 3.30. The largest absolute Gasteiger partial charge is 0.497 e. The van der Waals surface area contributed by atoms with E-state index in [4.69, 9.17) is 16.3 Å². The van der Waals surface area contributed by atoms with Crippen molar-refractivity contribution in [2.75, 3.05) is 7.11 Å². The molecule has 0 aliphatic carbocycles. The molecule has 0 fully saturated rings. The van der Waals surface area contributed by atoms with Gasteiger partial charge in [-0.3, -0.25) is 4.79 Å². The number of hydrogen-bond acceptors (Lipinski definition) is 2. The number of rotatable bonds is 9. The monoisotopic (exact) mass is 458 g/mol. The lowest BCUT2D eigenvalue weighted by Gasteiger charge is -2.26. The molecule has 4 rings (SSSR count). The molecule has 4 aromatic rings. The third-order valence-corrected chi connectivity index (χ3v) is 6.04. The first kappa shape index (κ1) is 22.7. The van der Waals surface area contributed by atoms with Crippen LogP contribution in [-0.4, -0.2) is 22.5 Å². The number of aromatic nitrogens is 1. The molecule has 0 saturated heterocycles. The van der Waals surface area contributed by atoms with Crippen LogP contribution in [0, 0.1) is 0 Å². The molecule has 0 aliphatic rings. The highest BCUT2D eigenvalue weighted by Crippen LogP contribution is 2.25. The number of alkyl halides is 1. The zero-order valence-corrected chi connectivity index (χ0v) is 19.4. The third-order valence-electron chi connectivity index (χ3n) is 5.60. The Labute approximate surface area is 200 Å². The van der Waals surface area contributed by atoms with E-state index in [0.717, 1.165) is 28.1 Å². The molecule has 5 heteroatoms. The Balaban J connectivity index is 1.58. The standard InChI is InChI=1S/C28H27ClN2O2/c1-33-26-16-8-12-23(18-26)20-30-17-9-15-25(30)21-31(19-22-10-4-2-5-11-22)28(32)27(29)24-13-6-3-7-14-24/h2-18,27H,19-21H2,1H3. The van der Waals surface area contributed by atoms with Crippen molar-refractivity contribution in [1.82, 2.24) is 9.47 Å². The van der Waals surface area contributed by atoms with Crippen molar-refractivity contribution in [3.05, 3.63) is 126 Å². The molecule has 0 aliphatic heterocycles. The first-order valence-corrected chi connectivity index (χ1v) is 11.4. The minimum absolute atomic E-state index is 0.110. The average molecular weight is 459 g/mol. The van der Waals surface area contributed by atoms with E-state index in [9.17, 15) is 4.79 Å². The molecule has 3 aromatic carbocycles. The van der Waals surface area contributed by atoms with E-state index in [2.05, 4.69) is 16.7 Å². The highest BCUT2D eigenvalue weighted by molar-refractivity contribution is 6.30. The molecule has 1 amide bonds. The molecule has 1 unspecified atom stereocenters. The van der Waals surface area contributed by atoms with Gasteiger partial charge in [0.2, 0.25) is 5.91 Å². The van der Waals surface area contributed by atoms with Gasteiger partial charge in [0, 0.05) is 25.0 Å². The molecule has 4 nitrogen and oxygen atoms in total. The van der Waals surface area contributed by atoms with Gasteiger partial charge in [-0.05, 0) is 41.0 Å². The summed E-state index contributed by atoms with van der Waals surface area (Å²) >= 11 is 6.65. The molecule has 1 atom stereocenters. The van der Waals surface area contributed by atoms with E-state index >= 15 is 0 Å². The van der Waals surface area contributed by atoms with Gasteiger partial charge in [0.1, 0.15) is 11.1 Å². The van der Waals surface area contributed by atoms with Crippen LogP contribution >= 0.6 is 11.6 Å². The Kier molecular flexibility index (Phi) is 7.48. The van der Waals surface area contributed by atoms with Gasteiger partial charge in [-0.2, -0.15) is 0 Å². The van der Waals surface area contributed by atoms with Crippen molar-refractivity contribution in [2.45, 2.75) is 25.0 Å². The summed E-state index contributed by atoms with van der Waals surface area (Å²) in [6.07, 6.45) is 2.04. The number of benzene rings is 3. The molecule has 0 N–H and O–H groups in total. The Morgan fingerprint density at radius 1 is 0.879 bits per heavy atom. The van der Waals surface area contributed by atoms with Crippen LogP contribution in [-0.2, 0) is 24.4 Å². The van der Waals surface area contributed by atoms with Crippen molar-refractivity contribution in [3.8, 4) is 5.75 Å². The summed E-state index contributed by atoms with van der Waals surface area (Å²) in [5, 5.41) is -0.739. The molecular weight excluding hydrogens is 432 g/mol. The van der Waals surface area contributed by atoms with Gasteiger partial charge in [0.05, 0.1) is 13.7 Å². The smallest absolute Gasteiger partial charge is 0.245 e. The van der Waals surface area contributed by atoms with Crippen LogP contribution < -0.4 is 4.74 Å². The van der Waals surface area contributed by atoms with Crippen molar-refractivity contribution in [2.24, 2.45) is 0 Å². The van der Waals surface area contributed by atoms with Gasteiger partial charge in [0.15, 0.2) is 0 Å². The fourth-order valence-corrected chi connectivity index (χ4v) is 4.13. The molecular formula is C28H27ClN2O2. The van der Waals surface area contributed by atoms with E-state index in [1.807, 2.05) is 96.0 Å². The quantitative estimate of drug-likeness (QED) is 0.286. The number of nitrogens with zero attached hydrogens (tertiary/aromatic N) is 2. The highest BCUT2D eigenvalue weighted by atomic mass is 35.5. The normalized spacial score (nSPS) is 11.7. The summed E-state index contributed by atoms with van der Waals surface area (Å²) < 4.78 is 7.52. The van der Waals surface area contributed by atoms with E-state index in [-0.39, 0.29) is 5.91 Å². The van der Waals surface area contributed by atoms with Crippen LogP contribution in [0.2, 0.25) is 0 Å². The fourth-order valence-electron chi connectivity index (χ4n) is 3.85. The molecule has 0 saturated carbocycles. The minimum atomic E-state index is -0.739. The number of halogens is 1. The lowest BCUT2D eigenvalue weighted by atomic mass is 10.1. The lowest BCUT2D eigenvalue weighted by Crippen LogP contribution is -2.33. The first-order chi connectivity index (χ1) is 16.1. The van der Waals surface area contributed by atoms with Crippen LogP contribution in [0.25, 0.3) is 0 Å². The molecule has 0 bridgehead atoms. The number of amides is 1. The summed E-state index contributed by atoms with van der Waals surface area (Å²) in [4.78, 5) is 15.3. The summed E-state index contributed by atoms with van der Waals surface area (Å²) in [5.74, 6) is 0.718. The maximum Gasteiger partial charge on any atom is 0.245 e. The van der Waals surface area contributed by atoms with Gasteiger partial charge in [-0.15, -0.1) is 11.6 Å². The fraction of sp³-hybridized carbons (Fsp3) is 0.179. The highest BCUT2D eigenvalue weighted by Gasteiger charge is 2.25. The van der Waals surface area contributed by atoms with E-state index in [1.165, 1.54) is 0 Å². The SMILES string of the molecule is COc1cccc(Cn2cccc2CN(Cc2ccccc2)C(=O)C(Cl)c2ccccc2)c1. The van der Waals surface area contributed by atoms with Crippen LogP contribution in [0.5, 0.6) is 5.75 Å². The van der Waals surface area contributed by atoms with Crippen LogP contribution in [0.4, 0.5) is 0 Å². The van der Waals surface area contributed by atoms with Crippen LogP contribution in [0.3, 0.4) is 0 Å². The molecule has 0 spiro atoms. The van der Waals surface area contributed by atoms with Crippen molar-refractivity contribution < 1.29 is 9.53 Å². The van der Waals surface area contributed by atoms with Crippen LogP contribution in [0.1, 0.15) is 27.8 Å². The Bertz CT molecular complexity index is 1170. The van der Waals surface area contributed by atoms with Gasteiger partial charge in [-0.1, -0.05) is 72.8 Å². The predicted molar refractivity (Wildman–Crippen MR) is 132 cm³/mol. The van der Waals surface area contributed by atoms with Crippen molar-refractivity contribution >= 4 is 17.5 Å². The Morgan fingerprint density at radius 2 is 1.58 bits per heavy atom. The van der Waals surface area contributed by atoms with E-state index in [0.29, 0.717) is 19.6 Å². The minimum Gasteiger partial charge on any atom is -0.497 e. The molecule has 1 heterocycles. The molecule has 33 heavy (non-hydrogen) atoms. The second-order valence-corrected chi connectivity index (χ2v) is 8.37. The predicted octanol–water partition coefficient (Wildman–Crippen LogP) is 6.05. The topological polar surface area (TPSA) is 34.5 Å². The number of ether oxygens (including phenoxy) is 1. The number of methoxy groups -OCH3 is 1. The van der Waals surface area contributed by atoms with Crippen LogP contribution in [0.15, 0.2) is 103 Å². The first-order valence-electron chi connectivity index (χ1n) is 10.9. The third kappa shape index (κ3) is 5.85. The summed E-state index contributed by atoms with van der Waals surface area (Å²) in [7, 11) is 1.67. The maximum atomic E-state index is 13.5. The summed E-state index contributed by atoms with van der Waals surface area (Å²) in [5.41, 5.74) is 4.04. The number of hydrogen-bond donors (Lipinski definition) is 0. The molecule has 1 aromatic heterocycles. The van der Waals surface area contributed by atoms with Crippen molar-refractivity contribution in [3.63, 3.8) is 0 Å². The van der Waals surface area contributed by atoms with Crippen molar-refractivity contribution in [1.29, 1.82) is 0 Å². The molecule has 0 radical (unpaired) electrons. The lowest BCUT2D eigenvalue weighted by molar-refractivity contribution is -0.132. The Hall–Kier alpha value is -3.50. The van der Waals surface area contributed by atoms with Gasteiger partial charge in [0.25, 0.3) is 0 Å². The Morgan fingerprint density at radius 3 is 2.30 bits per heavy atom. The number of carbonyl (C=O) groups excluding carboxylic acids is 1. The second-order valence-electron chi connectivity index (χ2n) is 7.93. The second kappa shape index (κ2) is 10.9. The summed E-state index contributed by atoms with van der Waals surface area (Å²) in [6, 6.07) is 31.6. The molecule has 168 valence electrons. The maximum absolute atomic E-state index is 13.5. The zero-order chi connectivity index (χ0) is 23.0. The van der Waals surface area contributed by atoms with E-state index in [1.54, 1.807) is 7.11 Å². The zero-order valence-electron chi connectivity index (χ0n) is 18.6. The van der Waals surface area contributed by atoms with E-state index < -0.39 is 5.38 Å². The van der Waals surface area contributed by atoms with Gasteiger partial charge in [-0.25, -0.2) is 0 Å². The summed E-state index contributed by atoms with van der Waals surface area (Å²) in [6.45, 7) is 1.64. The number of carbonyl (C=O) groups is 1.